The van der Waals surface area contributed by atoms with Gasteiger partial charge in [0.2, 0.25) is 0 Å². The second-order valence-electron chi connectivity index (χ2n) is 5.37. The molecule has 1 saturated heterocycles. The van der Waals surface area contributed by atoms with E-state index in [1.54, 1.807) is 7.11 Å². The van der Waals surface area contributed by atoms with E-state index >= 15 is 0 Å². The van der Waals surface area contributed by atoms with Gasteiger partial charge in [0.25, 0.3) is 0 Å². The van der Waals surface area contributed by atoms with Gasteiger partial charge in [-0.15, -0.1) is 10.2 Å². The Kier molecular flexibility index (Phi) is 4.85. The molecular formula is C17H21N3O2. The molecule has 1 N–H and O–H groups in total. The van der Waals surface area contributed by atoms with E-state index in [2.05, 4.69) is 15.5 Å². The van der Waals surface area contributed by atoms with E-state index in [4.69, 9.17) is 9.47 Å². The van der Waals surface area contributed by atoms with Crippen LogP contribution in [0.5, 0.6) is 5.75 Å². The van der Waals surface area contributed by atoms with Crippen LogP contribution in [0.4, 0.5) is 5.82 Å². The van der Waals surface area contributed by atoms with Crippen LogP contribution in [0.3, 0.4) is 0 Å². The number of nitrogens with one attached hydrogen (secondary N) is 1. The molecule has 0 amide bonds. The quantitative estimate of drug-likeness (QED) is 0.919. The van der Waals surface area contributed by atoms with Gasteiger partial charge in [0.15, 0.2) is 0 Å². The normalized spacial score (nSPS) is 18.0. The summed E-state index contributed by atoms with van der Waals surface area (Å²) in [6.45, 7) is 1.65. The zero-order valence-corrected chi connectivity index (χ0v) is 12.8. The Balaban J connectivity index is 1.64. The fourth-order valence-corrected chi connectivity index (χ4v) is 2.61. The molecule has 1 atom stereocenters. The summed E-state index contributed by atoms with van der Waals surface area (Å²) in [4.78, 5) is 0. The van der Waals surface area contributed by atoms with Crippen LogP contribution in [0, 0.1) is 0 Å². The van der Waals surface area contributed by atoms with E-state index in [9.17, 15) is 0 Å². The number of aromatic nitrogens is 2. The summed E-state index contributed by atoms with van der Waals surface area (Å²) < 4.78 is 11.1. The minimum Gasteiger partial charge on any atom is -0.496 e. The molecule has 3 rings (SSSR count). The number of methoxy groups -OCH3 is 1. The number of anilines is 1. The van der Waals surface area contributed by atoms with E-state index < -0.39 is 0 Å². The Morgan fingerprint density at radius 1 is 1.18 bits per heavy atom. The minimum atomic E-state index is 0.282. The monoisotopic (exact) mass is 299 g/mol. The minimum absolute atomic E-state index is 0.282. The SMILES string of the molecule is COc1ccccc1-c1ccc(NC[C@@H]2CCCCO2)nn1. The molecule has 1 aliphatic heterocycles. The first-order valence-electron chi connectivity index (χ1n) is 7.69. The zero-order chi connectivity index (χ0) is 15.2. The van der Waals surface area contributed by atoms with Crippen molar-refractivity contribution in [2.75, 3.05) is 25.6 Å². The molecule has 22 heavy (non-hydrogen) atoms. The van der Waals surface area contributed by atoms with Gasteiger partial charge in [0.1, 0.15) is 11.6 Å². The molecule has 116 valence electrons. The lowest BCUT2D eigenvalue weighted by Crippen LogP contribution is -2.27. The number of hydrogen-bond donors (Lipinski definition) is 1. The van der Waals surface area contributed by atoms with Gasteiger partial charge < -0.3 is 14.8 Å². The number of nitrogens with zero attached hydrogens (tertiary/aromatic N) is 2. The van der Waals surface area contributed by atoms with Crippen LogP contribution in [0.2, 0.25) is 0 Å². The summed E-state index contributed by atoms with van der Waals surface area (Å²) in [6, 6.07) is 11.7. The Labute approximate surface area is 130 Å². The Morgan fingerprint density at radius 2 is 2.09 bits per heavy atom. The number of benzene rings is 1. The van der Waals surface area contributed by atoms with Crippen LogP contribution in [0.15, 0.2) is 36.4 Å². The van der Waals surface area contributed by atoms with Gasteiger partial charge in [-0.1, -0.05) is 12.1 Å². The maximum atomic E-state index is 5.70. The van der Waals surface area contributed by atoms with Crippen LogP contribution in [0.1, 0.15) is 19.3 Å². The van der Waals surface area contributed by atoms with Crippen molar-refractivity contribution in [2.45, 2.75) is 25.4 Å². The third-order valence-electron chi connectivity index (χ3n) is 3.83. The van der Waals surface area contributed by atoms with Crippen molar-refractivity contribution in [3.8, 4) is 17.0 Å². The van der Waals surface area contributed by atoms with Crippen LogP contribution >= 0.6 is 0 Å². The zero-order valence-electron chi connectivity index (χ0n) is 12.8. The smallest absolute Gasteiger partial charge is 0.148 e. The van der Waals surface area contributed by atoms with E-state index in [0.717, 1.165) is 42.4 Å². The molecule has 1 aromatic heterocycles. The number of para-hydroxylation sites is 1. The maximum absolute atomic E-state index is 5.70. The fourth-order valence-electron chi connectivity index (χ4n) is 2.61. The highest BCUT2D eigenvalue weighted by molar-refractivity contribution is 5.67. The first-order valence-corrected chi connectivity index (χ1v) is 7.69. The Morgan fingerprint density at radius 3 is 2.82 bits per heavy atom. The molecular weight excluding hydrogens is 278 g/mol. The molecule has 1 aliphatic rings. The second-order valence-corrected chi connectivity index (χ2v) is 5.37. The molecule has 0 radical (unpaired) electrons. The highest BCUT2D eigenvalue weighted by Gasteiger charge is 2.13. The van der Waals surface area contributed by atoms with Gasteiger partial charge >= 0.3 is 0 Å². The lowest BCUT2D eigenvalue weighted by atomic mass is 10.1. The number of hydrogen-bond acceptors (Lipinski definition) is 5. The summed E-state index contributed by atoms with van der Waals surface area (Å²) in [7, 11) is 1.66. The molecule has 0 bridgehead atoms. The largest absolute Gasteiger partial charge is 0.496 e. The van der Waals surface area contributed by atoms with E-state index in [0.29, 0.717) is 0 Å². The first-order chi connectivity index (χ1) is 10.9. The van der Waals surface area contributed by atoms with Crippen LogP contribution in [0.25, 0.3) is 11.3 Å². The third-order valence-corrected chi connectivity index (χ3v) is 3.83. The van der Waals surface area contributed by atoms with Crippen molar-refractivity contribution in [1.29, 1.82) is 0 Å². The number of ether oxygens (including phenoxy) is 2. The third kappa shape index (κ3) is 3.54. The predicted molar refractivity (Wildman–Crippen MR) is 86.1 cm³/mol. The lowest BCUT2D eigenvalue weighted by Gasteiger charge is -2.22. The van der Waals surface area contributed by atoms with Gasteiger partial charge in [-0.05, 0) is 43.5 Å². The molecule has 0 unspecified atom stereocenters. The van der Waals surface area contributed by atoms with Gasteiger partial charge in [0.05, 0.1) is 18.9 Å². The van der Waals surface area contributed by atoms with Gasteiger partial charge in [-0.25, -0.2) is 0 Å². The molecule has 5 heteroatoms. The summed E-state index contributed by atoms with van der Waals surface area (Å²) in [5.41, 5.74) is 1.75. The van der Waals surface area contributed by atoms with Crippen molar-refractivity contribution in [3.63, 3.8) is 0 Å². The second kappa shape index (κ2) is 7.22. The highest BCUT2D eigenvalue weighted by Crippen LogP contribution is 2.27. The Hall–Kier alpha value is -2.14. The van der Waals surface area contributed by atoms with Crippen molar-refractivity contribution in [1.82, 2.24) is 10.2 Å². The summed E-state index contributed by atoms with van der Waals surface area (Å²) in [5, 5.41) is 11.8. The standard InChI is InChI=1S/C17H21N3O2/c1-21-16-8-3-2-7-14(16)15-9-10-17(20-19-15)18-12-13-6-4-5-11-22-13/h2-3,7-10,13H,4-6,11-12H2,1H3,(H,18,20)/t13-/m0/s1. The number of rotatable bonds is 5. The molecule has 2 aromatic rings. The summed E-state index contributed by atoms with van der Waals surface area (Å²) >= 11 is 0. The van der Waals surface area contributed by atoms with Gasteiger partial charge in [0, 0.05) is 18.7 Å². The summed E-state index contributed by atoms with van der Waals surface area (Å²) in [6.07, 6.45) is 3.80. The van der Waals surface area contributed by atoms with Crippen molar-refractivity contribution >= 4 is 5.82 Å². The van der Waals surface area contributed by atoms with Gasteiger partial charge in [-0.2, -0.15) is 0 Å². The fraction of sp³-hybridized carbons (Fsp3) is 0.412. The Bertz CT molecular complexity index is 595. The topological polar surface area (TPSA) is 56.3 Å². The molecule has 5 nitrogen and oxygen atoms in total. The van der Waals surface area contributed by atoms with Crippen LogP contribution < -0.4 is 10.1 Å². The first kappa shape index (κ1) is 14.8. The van der Waals surface area contributed by atoms with Crippen molar-refractivity contribution in [3.05, 3.63) is 36.4 Å². The lowest BCUT2D eigenvalue weighted by molar-refractivity contribution is 0.0247. The predicted octanol–water partition coefficient (Wildman–Crippen LogP) is 3.13. The molecule has 0 spiro atoms. The molecule has 1 aromatic carbocycles. The average Bonchev–Trinajstić information content (AvgIpc) is 2.61. The molecule has 0 aliphatic carbocycles. The van der Waals surface area contributed by atoms with Crippen LogP contribution in [-0.4, -0.2) is 36.6 Å². The van der Waals surface area contributed by atoms with E-state index in [1.165, 1.54) is 12.8 Å². The van der Waals surface area contributed by atoms with E-state index in [-0.39, 0.29) is 6.10 Å². The van der Waals surface area contributed by atoms with Crippen molar-refractivity contribution in [2.24, 2.45) is 0 Å². The van der Waals surface area contributed by atoms with E-state index in [1.807, 2.05) is 36.4 Å². The molecule has 2 heterocycles. The highest BCUT2D eigenvalue weighted by atomic mass is 16.5. The average molecular weight is 299 g/mol. The maximum Gasteiger partial charge on any atom is 0.148 e. The van der Waals surface area contributed by atoms with Gasteiger partial charge in [-0.3, -0.25) is 0 Å². The summed E-state index contributed by atoms with van der Waals surface area (Å²) in [5.74, 6) is 1.57. The van der Waals surface area contributed by atoms with Crippen molar-refractivity contribution < 1.29 is 9.47 Å². The van der Waals surface area contributed by atoms with Crippen LogP contribution in [-0.2, 0) is 4.74 Å². The molecule has 1 fully saturated rings. The molecule has 0 saturated carbocycles.